The molecule has 6 nitrogen and oxygen atoms in total. The van der Waals surface area contributed by atoms with Gasteiger partial charge in [0.05, 0.1) is 19.9 Å². The molecule has 38 heavy (non-hydrogen) atoms. The summed E-state index contributed by atoms with van der Waals surface area (Å²) in [5.41, 5.74) is 5.42. The van der Waals surface area contributed by atoms with E-state index in [0.717, 1.165) is 39.4 Å². The summed E-state index contributed by atoms with van der Waals surface area (Å²) in [4.78, 5) is 16.2. The summed E-state index contributed by atoms with van der Waals surface area (Å²) in [5.74, 6) is 2.52. The highest BCUT2D eigenvalue weighted by molar-refractivity contribution is 5.95. The van der Waals surface area contributed by atoms with Gasteiger partial charge in [0.1, 0.15) is 11.5 Å². The lowest BCUT2D eigenvalue weighted by molar-refractivity contribution is -0.114. The Labute approximate surface area is 222 Å². The molecule has 1 N–H and O–H groups in total. The number of nitrogens with zero attached hydrogens (tertiary/aromatic N) is 1. The lowest BCUT2D eigenvalue weighted by atomic mass is 9.81. The third-order valence-corrected chi connectivity index (χ3v) is 6.33. The fourth-order valence-corrected chi connectivity index (χ4v) is 4.60. The van der Waals surface area contributed by atoms with Crippen LogP contribution >= 0.6 is 0 Å². The summed E-state index contributed by atoms with van der Waals surface area (Å²) < 4.78 is 17.6. The van der Waals surface area contributed by atoms with Gasteiger partial charge in [0, 0.05) is 41.4 Å². The molecule has 0 fully saturated rings. The first kappa shape index (κ1) is 24.8. The minimum atomic E-state index is -0.116. The van der Waals surface area contributed by atoms with E-state index >= 15 is 0 Å². The second kappa shape index (κ2) is 11.0. The number of anilines is 1. The van der Waals surface area contributed by atoms with Crippen LogP contribution in [0.5, 0.6) is 17.2 Å². The lowest BCUT2D eigenvalue weighted by Gasteiger charge is -2.30. The number of ether oxygens (including phenoxy) is 3. The highest BCUT2D eigenvalue weighted by Crippen LogP contribution is 2.46. The smallest absolute Gasteiger partial charge is 0.221 e. The molecule has 6 heteroatoms. The maximum atomic E-state index is 11.4. The number of carbonyl (C=O) groups is 1. The molecule has 1 aliphatic heterocycles. The molecule has 1 aliphatic rings. The van der Waals surface area contributed by atoms with Crippen molar-refractivity contribution in [2.24, 2.45) is 4.99 Å². The molecule has 0 saturated carbocycles. The molecule has 0 radical (unpaired) electrons. The van der Waals surface area contributed by atoms with Crippen LogP contribution in [0, 0.1) is 0 Å². The van der Waals surface area contributed by atoms with Gasteiger partial charge in [-0.05, 0) is 54.1 Å². The number of allylic oxidation sites excluding steroid dienone is 1. The molecular formula is C32H28N2O4. The zero-order chi connectivity index (χ0) is 26.5. The number of methoxy groups -OCH3 is 2. The Hall–Kier alpha value is -4.84. The first-order valence-corrected chi connectivity index (χ1v) is 12.3. The van der Waals surface area contributed by atoms with Gasteiger partial charge in [0.25, 0.3) is 0 Å². The Morgan fingerprint density at radius 1 is 0.868 bits per heavy atom. The summed E-state index contributed by atoms with van der Waals surface area (Å²) >= 11 is 0. The maximum Gasteiger partial charge on any atom is 0.221 e. The Morgan fingerprint density at radius 3 is 2.29 bits per heavy atom. The second-order valence-electron chi connectivity index (χ2n) is 8.82. The fourth-order valence-electron chi connectivity index (χ4n) is 4.60. The van der Waals surface area contributed by atoms with E-state index in [9.17, 15) is 4.79 Å². The number of amides is 1. The first-order chi connectivity index (χ1) is 18.6. The molecule has 0 bridgehead atoms. The molecule has 4 aromatic rings. The zero-order valence-electron chi connectivity index (χ0n) is 21.5. The van der Waals surface area contributed by atoms with Crippen LogP contribution in [0.25, 0.3) is 5.76 Å². The number of benzene rings is 4. The normalized spacial score (nSPS) is 14.6. The van der Waals surface area contributed by atoms with Gasteiger partial charge in [-0.15, -0.1) is 0 Å². The van der Waals surface area contributed by atoms with E-state index < -0.39 is 0 Å². The standard InChI is InChI=1S/C32H28N2O4/c1-21(35)34-25-16-14-24(15-17-25)33-20-27-31(22-9-5-4-6-10-22)26-11-7-8-12-28(26)38-32(27)23-13-18-29(36-2)30(19-23)37-3/h4-20,31H,1-3H3,(H,34,35)/t31-/m1/s1. The van der Waals surface area contributed by atoms with E-state index in [2.05, 4.69) is 23.5 Å². The molecule has 5 rings (SSSR count). The summed E-state index contributed by atoms with van der Waals surface area (Å²) in [5, 5.41) is 2.78. The van der Waals surface area contributed by atoms with Crippen LogP contribution in [-0.4, -0.2) is 26.3 Å². The Balaban J connectivity index is 1.67. The third kappa shape index (κ3) is 5.15. The largest absolute Gasteiger partial charge is 0.493 e. The van der Waals surface area contributed by atoms with Crippen molar-refractivity contribution in [3.8, 4) is 17.2 Å². The van der Waals surface area contributed by atoms with Crippen LogP contribution in [-0.2, 0) is 4.79 Å². The Kier molecular flexibility index (Phi) is 7.22. The average Bonchev–Trinajstić information content (AvgIpc) is 2.96. The molecule has 0 aliphatic carbocycles. The van der Waals surface area contributed by atoms with Gasteiger partial charge in [-0.2, -0.15) is 0 Å². The SMILES string of the molecule is COc1ccc(C2=C(C=Nc3ccc(NC(C)=O)cc3)[C@H](c3ccccc3)c3ccccc3O2)cc1OC. The number of para-hydroxylation sites is 1. The highest BCUT2D eigenvalue weighted by Gasteiger charge is 2.31. The first-order valence-electron chi connectivity index (χ1n) is 12.3. The zero-order valence-corrected chi connectivity index (χ0v) is 21.5. The van der Waals surface area contributed by atoms with Gasteiger partial charge in [-0.25, -0.2) is 0 Å². The van der Waals surface area contributed by atoms with Crippen molar-refractivity contribution in [2.75, 3.05) is 19.5 Å². The molecule has 4 aromatic carbocycles. The number of aliphatic imine (C=N–C) groups is 1. The van der Waals surface area contributed by atoms with E-state index in [4.69, 9.17) is 19.2 Å². The van der Waals surface area contributed by atoms with Gasteiger partial charge in [-0.3, -0.25) is 9.79 Å². The van der Waals surface area contributed by atoms with Gasteiger partial charge in [0.15, 0.2) is 11.5 Å². The van der Waals surface area contributed by atoms with Gasteiger partial charge in [-0.1, -0.05) is 48.5 Å². The van der Waals surface area contributed by atoms with Crippen molar-refractivity contribution in [2.45, 2.75) is 12.8 Å². The number of fused-ring (bicyclic) bond motifs is 1. The van der Waals surface area contributed by atoms with E-state index in [0.29, 0.717) is 17.3 Å². The fraction of sp³-hybridized carbons (Fsp3) is 0.125. The quantitative estimate of drug-likeness (QED) is 0.275. The van der Waals surface area contributed by atoms with Crippen LogP contribution in [0.2, 0.25) is 0 Å². The Morgan fingerprint density at radius 2 is 1.58 bits per heavy atom. The summed E-state index contributed by atoms with van der Waals surface area (Å²) in [7, 11) is 3.23. The highest BCUT2D eigenvalue weighted by atomic mass is 16.5. The number of carbonyl (C=O) groups excluding carboxylic acids is 1. The summed E-state index contributed by atoms with van der Waals surface area (Å²) in [6, 6.07) is 31.6. The molecule has 1 heterocycles. The minimum Gasteiger partial charge on any atom is -0.493 e. The van der Waals surface area contributed by atoms with Gasteiger partial charge >= 0.3 is 0 Å². The average molecular weight is 505 g/mol. The van der Waals surface area contributed by atoms with Crippen LogP contribution in [0.15, 0.2) is 108 Å². The summed E-state index contributed by atoms with van der Waals surface area (Å²) in [6.45, 7) is 1.48. The number of hydrogen-bond acceptors (Lipinski definition) is 5. The molecule has 1 atom stereocenters. The van der Waals surface area contributed by atoms with Crippen molar-refractivity contribution >= 4 is 29.3 Å². The van der Waals surface area contributed by atoms with Crippen molar-refractivity contribution < 1.29 is 19.0 Å². The number of nitrogens with one attached hydrogen (secondary N) is 1. The maximum absolute atomic E-state index is 11.4. The van der Waals surface area contributed by atoms with Crippen molar-refractivity contribution in [1.29, 1.82) is 0 Å². The molecule has 0 spiro atoms. The monoisotopic (exact) mass is 504 g/mol. The molecule has 0 aromatic heterocycles. The van der Waals surface area contributed by atoms with Crippen LogP contribution < -0.4 is 19.5 Å². The Bertz CT molecular complexity index is 1510. The number of rotatable bonds is 7. The van der Waals surface area contributed by atoms with Crippen LogP contribution in [0.3, 0.4) is 0 Å². The van der Waals surface area contributed by atoms with E-state index in [-0.39, 0.29) is 11.8 Å². The minimum absolute atomic E-state index is 0.105. The second-order valence-corrected chi connectivity index (χ2v) is 8.82. The van der Waals surface area contributed by atoms with Crippen LogP contribution in [0.4, 0.5) is 11.4 Å². The third-order valence-electron chi connectivity index (χ3n) is 6.33. The van der Waals surface area contributed by atoms with Crippen molar-refractivity contribution in [3.05, 3.63) is 119 Å². The van der Waals surface area contributed by atoms with Gasteiger partial charge < -0.3 is 19.5 Å². The topological polar surface area (TPSA) is 69.2 Å². The van der Waals surface area contributed by atoms with Crippen LogP contribution in [0.1, 0.15) is 29.5 Å². The molecule has 1 amide bonds. The molecule has 190 valence electrons. The van der Waals surface area contributed by atoms with Gasteiger partial charge in [0.2, 0.25) is 5.91 Å². The van der Waals surface area contributed by atoms with E-state index in [1.807, 2.05) is 85.1 Å². The molecule has 0 unspecified atom stereocenters. The van der Waals surface area contributed by atoms with Crippen molar-refractivity contribution in [3.63, 3.8) is 0 Å². The van der Waals surface area contributed by atoms with E-state index in [1.54, 1.807) is 14.2 Å². The molecular weight excluding hydrogens is 476 g/mol. The predicted molar refractivity (Wildman–Crippen MR) is 151 cm³/mol. The van der Waals surface area contributed by atoms with Crippen molar-refractivity contribution in [1.82, 2.24) is 0 Å². The number of hydrogen-bond donors (Lipinski definition) is 1. The van der Waals surface area contributed by atoms with E-state index in [1.165, 1.54) is 6.92 Å². The molecule has 0 saturated heterocycles. The summed E-state index contributed by atoms with van der Waals surface area (Å²) in [6.07, 6.45) is 1.87. The predicted octanol–water partition coefficient (Wildman–Crippen LogP) is 7.00. The lowest BCUT2D eigenvalue weighted by Crippen LogP contribution is -2.17.